The van der Waals surface area contributed by atoms with Gasteiger partial charge in [0.1, 0.15) is 10.8 Å². The molecule has 22 heavy (non-hydrogen) atoms. The summed E-state index contributed by atoms with van der Waals surface area (Å²) in [6, 6.07) is 12.3. The lowest BCUT2D eigenvalue weighted by Gasteiger charge is -2.07. The normalized spacial score (nSPS) is 10.8. The number of rotatable bonds is 7. The van der Waals surface area contributed by atoms with Crippen LogP contribution >= 0.6 is 22.7 Å². The predicted molar refractivity (Wildman–Crippen MR) is 93.6 cm³/mol. The average Bonchev–Trinajstić information content (AvgIpc) is 3.20. The molecular weight excluding hydrogens is 312 g/mol. The van der Waals surface area contributed by atoms with Gasteiger partial charge in [0.05, 0.1) is 11.5 Å². The van der Waals surface area contributed by atoms with E-state index < -0.39 is 0 Å². The monoisotopic (exact) mass is 330 g/mol. The van der Waals surface area contributed by atoms with Gasteiger partial charge in [0, 0.05) is 29.7 Å². The minimum absolute atomic E-state index is 0.672. The fraction of sp³-hybridized carbons (Fsp3) is 0.235. The topological polar surface area (TPSA) is 34.1 Å². The van der Waals surface area contributed by atoms with Crippen LogP contribution in [0.15, 0.2) is 48.0 Å². The number of hydrogen-bond donors (Lipinski definition) is 1. The van der Waals surface area contributed by atoms with Gasteiger partial charge in [-0.05, 0) is 30.5 Å². The van der Waals surface area contributed by atoms with E-state index >= 15 is 0 Å². The van der Waals surface area contributed by atoms with Crippen LogP contribution in [0.3, 0.4) is 0 Å². The summed E-state index contributed by atoms with van der Waals surface area (Å²) in [6.45, 7) is 4.36. The van der Waals surface area contributed by atoms with Crippen molar-refractivity contribution in [2.75, 3.05) is 6.61 Å². The molecule has 3 nitrogen and oxygen atoms in total. The molecule has 0 aliphatic rings. The number of thiazole rings is 1. The molecule has 3 aromatic rings. The third-order valence-electron chi connectivity index (χ3n) is 3.16. The molecule has 0 radical (unpaired) electrons. The van der Waals surface area contributed by atoms with Crippen LogP contribution in [0.1, 0.15) is 16.8 Å². The van der Waals surface area contributed by atoms with Gasteiger partial charge in [-0.15, -0.1) is 22.7 Å². The van der Waals surface area contributed by atoms with E-state index in [-0.39, 0.29) is 0 Å². The van der Waals surface area contributed by atoms with Gasteiger partial charge in [-0.25, -0.2) is 4.98 Å². The zero-order valence-corrected chi connectivity index (χ0v) is 14.0. The molecule has 2 heterocycles. The summed E-state index contributed by atoms with van der Waals surface area (Å²) < 4.78 is 5.70. The maximum atomic E-state index is 5.70. The molecule has 0 aliphatic carbocycles. The number of para-hydroxylation sites is 1. The first kappa shape index (κ1) is 15.2. The van der Waals surface area contributed by atoms with Gasteiger partial charge in [-0.2, -0.15) is 0 Å². The van der Waals surface area contributed by atoms with Crippen LogP contribution in [-0.2, 0) is 13.1 Å². The Balaban J connectivity index is 1.66. The highest BCUT2D eigenvalue weighted by atomic mass is 32.1. The predicted octanol–water partition coefficient (Wildman–Crippen LogP) is 4.56. The van der Waals surface area contributed by atoms with Crippen LogP contribution in [0, 0.1) is 0 Å². The zero-order valence-electron chi connectivity index (χ0n) is 12.4. The Hall–Kier alpha value is -1.69. The van der Waals surface area contributed by atoms with E-state index in [1.54, 1.807) is 22.7 Å². The Morgan fingerprint density at radius 2 is 2.05 bits per heavy atom. The van der Waals surface area contributed by atoms with Crippen molar-refractivity contribution in [3.05, 3.63) is 57.9 Å². The minimum Gasteiger partial charge on any atom is -0.493 e. The first-order valence-electron chi connectivity index (χ1n) is 7.27. The third kappa shape index (κ3) is 3.74. The standard InChI is InChI=1S/C17H18N2OS2/c1-2-20-15-8-4-3-7-14(15)16-11-19-17(22-16)12-18-10-13-6-5-9-21-13/h3-9,11,18H,2,10,12H2,1H3. The van der Waals surface area contributed by atoms with Crippen molar-refractivity contribution in [2.24, 2.45) is 0 Å². The van der Waals surface area contributed by atoms with Crippen molar-refractivity contribution in [1.29, 1.82) is 0 Å². The second-order valence-corrected chi connectivity index (χ2v) is 6.88. The fourth-order valence-corrected chi connectivity index (χ4v) is 3.77. The SMILES string of the molecule is CCOc1ccccc1-c1cnc(CNCc2cccs2)s1. The molecule has 0 bridgehead atoms. The van der Waals surface area contributed by atoms with Crippen LogP contribution < -0.4 is 10.1 Å². The van der Waals surface area contributed by atoms with Crippen molar-refractivity contribution in [3.8, 4) is 16.2 Å². The summed E-state index contributed by atoms with van der Waals surface area (Å²) in [4.78, 5) is 7.01. The van der Waals surface area contributed by atoms with Crippen molar-refractivity contribution in [3.63, 3.8) is 0 Å². The summed E-state index contributed by atoms with van der Waals surface area (Å²) in [7, 11) is 0. The van der Waals surface area contributed by atoms with E-state index in [1.165, 1.54) is 4.88 Å². The highest BCUT2D eigenvalue weighted by Gasteiger charge is 2.09. The number of nitrogens with one attached hydrogen (secondary N) is 1. The van der Waals surface area contributed by atoms with E-state index in [0.29, 0.717) is 6.61 Å². The van der Waals surface area contributed by atoms with E-state index in [9.17, 15) is 0 Å². The lowest BCUT2D eigenvalue weighted by atomic mass is 10.2. The zero-order chi connectivity index (χ0) is 15.2. The number of nitrogens with zero attached hydrogens (tertiary/aromatic N) is 1. The van der Waals surface area contributed by atoms with Crippen LogP contribution in [-0.4, -0.2) is 11.6 Å². The molecule has 0 saturated heterocycles. The molecule has 114 valence electrons. The third-order valence-corrected chi connectivity index (χ3v) is 5.07. The summed E-state index contributed by atoms with van der Waals surface area (Å²) in [5.41, 5.74) is 1.12. The molecule has 0 fully saturated rings. The summed E-state index contributed by atoms with van der Waals surface area (Å²) in [6.07, 6.45) is 1.94. The van der Waals surface area contributed by atoms with Gasteiger partial charge >= 0.3 is 0 Å². The number of hydrogen-bond acceptors (Lipinski definition) is 5. The van der Waals surface area contributed by atoms with Crippen LogP contribution in [0.4, 0.5) is 0 Å². The molecule has 0 amide bonds. The second kappa shape index (κ2) is 7.54. The molecule has 1 aromatic carbocycles. The van der Waals surface area contributed by atoms with Crippen molar-refractivity contribution in [2.45, 2.75) is 20.0 Å². The van der Waals surface area contributed by atoms with Gasteiger partial charge in [0.2, 0.25) is 0 Å². The molecule has 5 heteroatoms. The highest BCUT2D eigenvalue weighted by Crippen LogP contribution is 2.33. The van der Waals surface area contributed by atoms with Crippen molar-refractivity contribution < 1.29 is 4.74 Å². The van der Waals surface area contributed by atoms with Gasteiger partial charge in [-0.1, -0.05) is 18.2 Å². The smallest absolute Gasteiger partial charge is 0.127 e. The van der Waals surface area contributed by atoms with E-state index in [0.717, 1.165) is 34.3 Å². The van der Waals surface area contributed by atoms with Gasteiger partial charge < -0.3 is 10.1 Å². The maximum Gasteiger partial charge on any atom is 0.127 e. The van der Waals surface area contributed by atoms with Crippen LogP contribution in [0.5, 0.6) is 5.75 Å². The Morgan fingerprint density at radius 3 is 2.86 bits per heavy atom. The molecular formula is C17H18N2OS2. The molecule has 0 saturated carbocycles. The number of ether oxygens (including phenoxy) is 1. The maximum absolute atomic E-state index is 5.70. The molecule has 3 rings (SSSR count). The quantitative estimate of drug-likeness (QED) is 0.689. The Labute approximate surface area is 138 Å². The Morgan fingerprint density at radius 1 is 1.14 bits per heavy atom. The van der Waals surface area contributed by atoms with Crippen LogP contribution in [0.25, 0.3) is 10.4 Å². The number of thiophene rings is 1. The molecule has 0 atom stereocenters. The fourth-order valence-electron chi connectivity index (χ4n) is 2.17. The van der Waals surface area contributed by atoms with E-state index in [2.05, 4.69) is 33.9 Å². The first-order chi connectivity index (χ1) is 10.9. The molecule has 2 aromatic heterocycles. The summed E-state index contributed by atoms with van der Waals surface area (Å²) in [5.74, 6) is 0.923. The van der Waals surface area contributed by atoms with E-state index in [4.69, 9.17) is 4.74 Å². The first-order valence-corrected chi connectivity index (χ1v) is 8.96. The molecule has 1 N–H and O–H groups in total. The van der Waals surface area contributed by atoms with Crippen LogP contribution in [0.2, 0.25) is 0 Å². The largest absolute Gasteiger partial charge is 0.493 e. The minimum atomic E-state index is 0.672. The number of aromatic nitrogens is 1. The van der Waals surface area contributed by atoms with E-state index in [1.807, 2.05) is 31.3 Å². The molecule has 0 unspecified atom stereocenters. The van der Waals surface area contributed by atoms with Gasteiger partial charge in [0.15, 0.2) is 0 Å². The second-order valence-electron chi connectivity index (χ2n) is 4.73. The molecule has 0 aliphatic heterocycles. The van der Waals surface area contributed by atoms with Crippen molar-refractivity contribution in [1.82, 2.24) is 10.3 Å². The summed E-state index contributed by atoms with van der Waals surface area (Å²) >= 11 is 3.48. The lowest BCUT2D eigenvalue weighted by Crippen LogP contribution is -2.11. The summed E-state index contributed by atoms with van der Waals surface area (Å²) in [5, 5.41) is 6.63. The molecule has 0 spiro atoms. The average molecular weight is 330 g/mol. The highest BCUT2D eigenvalue weighted by molar-refractivity contribution is 7.15. The van der Waals surface area contributed by atoms with Gasteiger partial charge in [-0.3, -0.25) is 0 Å². The van der Waals surface area contributed by atoms with Gasteiger partial charge in [0.25, 0.3) is 0 Å². The number of benzene rings is 1. The Bertz CT molecular complexity index is 707. The Kier molecular flexibility index (Phi) is 5.21. The van der Waals surface area contributed by atoms with Crippen molar-refractivity contribution >= 4 is 22.7 Å². The lowest BCUT2D eigenvalue weighted by molar-refractivity contribution is 0.341.